The third-order valence-electron chi connectivity index (χ3n) is 16.1. The van der Waals surface area contributed by atoms with Crippen molar-refractivity contribution in [3.8, 4) is 0 Å². The number of allylic oxidation sites excluding steroid dienone is 16. The van der Waals surface area contributed by atoms with E-state index in [1.165, 1.54) is 114 Å². The van der Waals surface area contributed by atoms with Crippen molar-refractivity contribution in [2.45, 2.75) is 155 Å². The van der Waals surface area contributed by atoms with Gasteiger partial charge in [-0.3, -0.25) is 0 Å². The maximum atomic E-state index is 2.97. The van der Waals surface area contributed by atoms with Gasteiger partial charge >= 0.3 is 0 Å². The Labute approximate surface area is 314 Å². The molecule has 8 aliphatic carbocycles. The van der Waals surface area contributed by atoms with Gasteiger partial charge < -0.3 is 0 Å². The second-order valence-corrected chi connectivity index (χ2v) is 25.2. The van der Waals surface area contributed by atoms with E-state index in [0.29, 0.717) is 11.8 Å². The maximum Gasteiger partial charge on any atom is 0.0553 e. The van der Waals surface area contributed by atoms with Gasteiger partial charge in [0.2, 0.25) is 0 Å². The molecular formula is C50H72Si. The van der Waals surface area contributed by atoms with Crippen LogP contribution in [0.2, 0.25) is 24.2 Å². The van der Waals surface area contributed by atoms with Crippen LogP contribution in [0.25, 0.3) is 0 Å². The van der Waals surface area contributed by atoms with Gasteiger partial charge in [-0.15, -0.1) is 0 Å². The Kier molecular flexibility index (Phi) is 10.7. The third kappa shape index (κ3) is 7.34. The summed E-state index contributed by atoms with van der Waals surface area (Å²) >= 11 is 0. The molecule has 0 spiro atoms. The molecule has 0 aromatic rings. The van der Waals surface area contributed by atoms with Crippen LogP contribution in [0.1, 0.15) is 130 Å². The van der Waals surface area contributed by atoms with Gasteiger partial charge in [-0.1, -0.05) is 163 Å². The second kappa shape index (κ2) is 15.1. The Balaban J connectivity index is 1.16. The molecule has 0 nitrogen and oxygen atoms in total. The molecule has 0 bridgehead atoms. The minimum absolute atomic E-state index is 0.661. The summed E-state index contributed by atoms with van der Waals surface area (Å²) < 4.78 is 0. The van der Waals surface area contributed by atoms with Crippen molar-refractivity contribution >= 4 is 8.07 Å². The molecule has 4 saturated carbocycles. The first-order valence-electron chi connectivity index (χ1n) is 22.2. The zero-order chi connectivity index (χ0) is 35.3. The zero-order valence-corrected chi connectivity index (χ0v) is 34.5. The summed E-state index contributed by atoms with van der Waals surface area (Å²) in [6.07, 6.45) is 49.3. The molecule has 1 heteroatoms. The van der Waals surface area contributed by atoms with Gasteiger partial charge in [-0.25, -0.2) is 0 Å². The van der Waals surface area contributed by atoms with Crippen molar-refractivity contribution in [2.75, 3.05) is 0 Å². The van der Waals surface area contributed by atoms with E-state index in [0.717, 1.165) is 58.4 Å². The van der Waals surface area contributed by atoms with E-state index in [-0.39, 0.29) is 0 Å². The van der Waals surface area contributed by atoms with Crippen LogP contribution < -0.4 is 0 Å². The molecule has 0 amide bonds. The summed E-state index contributed by atoms with van der Waals surface area (Å²) in [6.45, 7) is 15.5. The Bertz CT molecular complexity index is 1420. The molecule has 8 rings (SSSR count). The van der Waals surface area contributed by atoms with Crippen molar-refractivity contribution < 1.29 is 0 Å². The molecule has 0 aromatic carbocycles. The lowest BCUT2D eigenvalue weighted by Crippen LogP contribution is -2.47. The van der Waals surface area contributed by atoms with Crippen molar-refractivity contribution in [3.63, 3.8) is 0 Å². The first-order chi connectivity index (χ1) is 24.7. The highest BCUT2D eigenvalue weighted by atomic mass is 28.3. The predicted molar refractivity (Wildman–Crippen MR) is 223 cm³/mol. The summed E-state index contributed by atoms with van der Waals surface area (Å²) in [5.41, 5.74) is 11.6. The van der Waals surface area contributed by atoms with E-state index in [1.807, 2.05) is 0 Å². The predicted octanol–water partition coefficient (Wildman–Crippen LogP) is 14.7. The number of rotatable bonds is 8. The van der Waals surface area contributed by atoms with Crippen molar-refractivity contribution in [1.29, 1.82) is 0 Å². The van der Waals surface area contributed by atoms with Crippen LogP contribution >= 0.6 is 0 Å². The molecule has 0 aromatic heterocycles. The number of fused-ring (bicyclic) bond motifs is 2. The molecule has 276 valence electrons. The van der Waals surface area contributed by atoms with Crippen molar-refractivity contribution in [3.05, 3.63) is 94.2 Å². The van der Waals surface area contributed by atoms with Crippen LogP contribution in [0, 0.1) is 59.2 Å². The van der Waals surface area contributed by atoms with Gasteiger partial charge in [-0.2, -0.15) is 0 Å². The smallest absolute Gasteiger partial charge is 0.0553 e. The normalized spacial score (nSPS) is 39.0. The van der Waals surface area contributed by atoms with E-state index in [2.05, 4.69) is 102 Å². The van der Waals surface area contributed by atoms with Gasteiger partial charge in [0.25, 0.3) is 0 Å². The van der Waals surface area contributed by atoms with E-state index < -0.39 is 8.07 Å². The summed E-state index contributed by atoms with van der Waals surface area (Å²) in [4.78, 5) is 0. The fraction of sp³-hybridized carbons (Fsp3) is 0.680. The maximum absolute atomic E-state index is 2.97. The molecule has 8 aliphatic rings. The van der Waals surface area contributed by atoms with E-state index in [4.69, 9.17) is 0 Å². The summed E-state index contributed by atoms with van der Waals surface area (Å²) in [5.74, 6) is 8.04. The lowest BCUT2D eigenvalue weighted by molar-refractivity contribution is 0.275. The molecule has 0 heterocycles. The van der Waals surface area contributed by atoms with Gasteiger partial charge in [0, 0.05) is 0 Å². The molecule has 51 heavy (non-hydrogen) atoms. The van der Waals surface area contributed by atoms with Gasteiger partial charge in [0.1, 0.15) is 0 Å². The fourth-order valence-electron chi connectivity index (χ4n) is 14.6. The van der Waals surface area contributed by atoms with Crippen LogP contribution in [-0.4, -0.2) is 8.07 Å². The van der Waals surface area contributed by atoms with Gasteiger partial charge in [0.15, 0.2) is 0 Å². The molecule has 4 fully saturated rings. The second-order valence-electron chi connectivity index (χ2n) is 20.2. The van der Waals surface area contributed by atoms with Crippen LogP contribution in [0.3, 0.4) is 0 Å². The average Bonchev–Trinajstić information content (AvgIpc) is 3.67. The number of hydrogen-bond donors (Lipinski definition) is 0. The molecule has 0 saturated heterocycles. The highest BCUT2D eigenvalue weighted by Crippen LogP contribution is 2.66. The Morgan fingerprint density at radius 1 is 0.588 bits per heavy atom. The molecule has 0 radical (unpaired) electrons. The number of hydrogen-bond acceptors (Lipinski definition) is 0. The topological polar surface area (TPSA) is 0 Å². The van der Waals surface area contributed by atoms with E-state index in [9.17, 15) is 0 Å². The Morgan fingerprint density at radius 3 is 1.39 bits per heavy atom. The Hall–Kier alpha value is -1.86. The minimum Gasteiger partial charge on any atom is -0.0808 e. The Morgan fingerprint density at radius 2 is 1.00 bits per heavy atom. The van der Waals surface area contributed by atoms with Crippen LogP contribution in [0.5, 0.6) is 0 Å². The average molecular weight is 701 g/mol. The fourth-order valence-corrected chi connectivity index (χ4v) is 20.7. The molecule has 0 aliphatic heterocycles. The SMILES string of the molecule is CC1=CC(C)CC(C2=CC=CC3C([Si](C)(C)C4C(CC5CCCCC5)C[C@@H]5C(C6=CC(C)=CC(C)C6)=CC=CC45)C(CC4CCCCC4)C[C@H]23)=C1. The van der Waals surface area contributed by atoms with E-state index in [1.54, 1.807) is 22.3 Å². The van der Waals surface area contributed by atoms with Gasteiger partial charge in [-0.05, 0) is 145 Å². The monoisotopic (exact) mass is 701 g/mol. The lowest BCUT2D eigenvalue weighted by atomic mass is 9.76. The van der Waals surface area contributed by atoms with E-state index >= 15 is 0 Å². The first kappa shape index (κ1) is 36.1. The highest BCUT2D eigenvalue weighted by molar-refractivity contribution is 6.80. The van der Waals surface area contributed by atoms with Crippen LogP contribution in [-0.2, 0) is 0 Å². The quantitative estimate of drug-likeness (QED) is 0.221. The first-order valence-corrected chi connectivity index (χ1v) is 25.4. The highest BCUT2D eigenvalue weighted by Gasteiger charge is 2.59. The summed E-state index contributed by atoms with van der Waals surface area (Å²) in [6, 6.07) is 0. The van der Waals surface area contributed by atoms with Crippen molar-refractivity contribution in [2.24, 2.45) is 59.2 Å². The molecular weight excluding hydrogens is 629 g/mol. The molecule has 0 N–H and O–H groups in total. The standard InChI is InChI=1S/C50H72Si/c1-33-23-34(2)26-39(25-33)43-19-13-21-45-47(43)31-41(29-37-15-9-7-10-16-37)49(45)51(5,6)50-42(30-38-17-11-8-12-18-38)32-48-44(20-14-22-46(48)50)40-27-35(3)24-36(4)28-40/h13-14,19-25,27,34,36-38,41-42,45-50H,7-12,15-18,26,28-32H2,1-6H3/t34?,36?,41?,42?,45?,46?,47-,48-,49?,50?/m1/s1. The molecule has 8 unspecified atom stereocenters. The summed E-state index contributed by atoms with van der Waals surface area (Å²) in [5, 5.41) is 0. The van der Waals surface area contributed by atoms with Crippen LogP contribution in [0.4, 0.5) is 0 Å². The van der Waals surface area contributed by atoms with Gasteiger partial charge in [0.05, 0.1) is 8.07 Å². The third-order valence-corrected chi connectivity index (χ3v) is 21.2. The lowest BCUT2D eigenvalue weighted by Gasteiger charge is -2.48. The largest absolute Gasteiger partial charge is 0.0808 e. The molecule has 10 atom stereocenters. The minimum atomic E-state index is -1.78. The van der Waals surface area contributed by atoms with Crippen molar-refractivity contribution in [1.82, 2.24) is 0 Å². The zero-order valence-electron chi connectivity index (χ0n) is 33.5. The summed E-state index contributed by atoms with van der Waals surface area (Å²) in [7, 11) is -1.78. The van der Waals surface area contributed by atoms with Crippen LogP contribution in [0.15, 0.2) is 94.2 Å².